The first kappa shape index (κ1) is 12.8. The molecule has 0 unspecified atom stereocenters. The van der Waals surface area contributed by atoms with Crippen molar-refractivity contribution in [1.29, 1.82) is 5.26 Å². The van der Waals surface area contributed by atoms with Gasteiger partial charge in [0.2, 0.25) is 0 Å². The number of pyridine rings is 1. The van der Waals surface area contributed by atoms with E-state index < -0.39 is 0 Å². The number of hydrogen-bond donors (Lipinski definition) is 0. The van der Waals surface area contributed by atoms with E-state index in [0.29, 0.717) is 23.7 Å². The van der Waals surface area contributed by atoms with Gasteiger partial charge in [-0.1, -0.05) is 11.6 Å². The summed E-state index contributed by atoms with van der Waals surface area (Å²) in [6, 6.07) is 5.68. The lowest BCUT2D eigenvalue weighted by atomic mass is 10.2. The number of halogens is 1. The zero-order valence-corrected chi connectivity index (χ0v) is 10.9. The molecule has 4 nitrogen and oxygen atoms in total. The smallest absolute Gasteiger partial charge is 0.254 e. The van der Waals surface area contributed by atoms with Gasteiger partial charge in [-0.05, 0) is 31.9 Å². The van der Waals surface area contributed by atoms with Gasteiger partial charge >= 0.3 is 0 Å². The van der Waals surface area contributed by atoms with Gasteiger partial charge in [0, 0.05) is 23.8 Å². The highest BCUT2D eigenvalue weighted by Gasteiger charge is 2.32. The van der Waals surface area contributed by atoms with E-state index in [-0.39, 0.29) is 11.9 Å². The molecular weight excluding hydrogens is 250 g/mol. The molecule has 0 bridgehead atoms. The SMILES string of the molecule is Cc1cc(C(=O)N(CCC#N)C2CC2)cc(Cl)n1. The Hall–Kier alpha value is -1.60. The number of aromatic nitrogens is 1. The van der Waals surface area contributed by atoms with Crippen LogP contribution in [0.4, 0.5) is 0 Å². The summed E-state index contributed by atoms with van der Waals surface area (Å²) >= 11 is 5.86. The summed E-state index contributed by atoms with van der Waals surface area (Å²) in [7, 11) is 0. The maximum absolute atomic E-state index is 12.4. The van der Waals surface area contributed by atoms with Crippen molar-refractivity contribution >= 4 is 17.5 Å². The zero-order valence-electron chi connectivity index (χ0n) is 10.2. The topological polar surface area (TPSA) is 57.0 Å². The zero-order chi connectivity index (χ0) is 13.1. The van der Waals surface area contributed by atoms with Crippen molar-refractivity contribution in [1.82, 2.24) is 9.88 Å². The van der Waals surface area contributed by atoms with Gasteiger partial charge in [0.05, 0.1) is 12.5 Å². The highest BCUT2D eigenvalue weighted by atomic mass is 35.5. The first-order chi connectivity index (χ1) is 8.61. The minimum atomic E-state index is -0.0554. The van der Waals surface area contributed by atoms with Crippen LogP contribution in [0.25, 0.3) is 0 Å². The monoisotopic (exact) mass is 263 g/mol. The van der Waals surface area contributed by atoms with Crippen molar-refractivity contribution in [3.63, 3.8) is 0 Å². The molecule has 1 heterocycles. The van der Waals surface area contributed by atoms with Crippen LogP contribution in [0.1, 0.15) is 35.3 Å². The lowest BCUT2D eigenvalue weighted by Gasteiger charge is -2.21. The third-order valence-corrected chi connectivity index (χ3v) is 3.08. The molecule has 1 aliphatic carbocycles. The molecule has 1 amide bonds. The number of hydrogen-bond acceptors (Lipinski definition) is 3. The third kappa shape index (κ3) is 2.99. The molecule has 0 aliphatic heterocycles. The molecule has 0 spiro atoms. The highest BCUT2D eigenvalue weighted by molar-refractivity contribution is 6.29. The van der Waals surface area contributed by atoms with Crippen LogP contribution in [0.3, 0.4) is 0 Å². The van der Waals surface area contributed by atoms with Crippen LogP contribution in [0.5, 0.6) is 0 Å². The van der Waals surface area contributed by atoms with E-state index in [4.69, 9.17) is 16.9 Å². The second-order valence-electron chi connectivity index (χ2n) is 4.46. The Labute approximate surface area is 111 Å². The Balaban J connectivity index is 2.19. The summed E-state index contributed by atoms with van der Waals surface area (Å²) in [6.45, 7) is 2.29. The number of carbonyl (C=O) groups excluding carboxylic acids is 1. The molecule has 1 aliphatic rings. The van der Waals surface area contributed by atoms with Gasteiger partial charge in [-0.2, -0.15) is 5.26 Å². The number of carbonyl (C=O) groups is 1. The van der Waals surface area contributed by atoms with Crippen molar-refractivity contribution in [2.45, 2.75) is 32.2 Å². The minimum absolute atomic E-state index is 0.0554. The largest absolute Gasteiger partial charge is 0.335 e. The molecular formula is C13H14ClN3O. The first-order valence-corrected chi connectivity index (χ1v) is 6.31. The molecule has 94 valence electrons. The van der Waals surface area contributed by atoms with Crippen LogP contribution in [-0.4, -0.2) is 28.4 Å². The molecule has 1 aromatic heterocycles. The third-order valence-electron chi connectivity index (χ3n) is 2.88. The highest BCUT2D eigenvalue weighted by Crippen LogP contribution is 2.28. The van der Waals surface area contributed by atoms with E-state index in [1.807, 2.05) is 0 Å². The molecule has 0 aromatic carbocycles. The van der Waals surface area contributed by atoms with Crippen LogP contribution >= 0.6 is 11.6 Å². The Morgan fingerprint density at radius 2 is 2.33 bits per heavy atom. The number of amides is 1. The van der Waals surface area contributed by atoms with Gasteiger partial charge in [0.15, 0.2) is 0 Å². The van der Waals surface area contributed by atoms with Crippen molar-refractivity contribution in [2.75, 3.05) is 6.54 Å². The number of aryl methyl sites for hydroxylation is 1. The fraction of sp³-hybridized carbons (Fsp3) is 0.462. The maximum Gasteiger partial charge on any atom is 0.254 e. The van der Waals surface area contributed by atoms with Crippen molar-refractivity contribution < 1.29 is 4.79 Å². The van der Waals surface area contributed by atoms with Crippen LogP contribution in [0, 0.1) is 18.3 Å². The molecule has 1 aromatic rings. The Morgan fingerprint density at radius 1 is 1.61 bits per heavy atom. The van der Waals surface area contributed by atoms with E-state index in [1.54, 1.807) is 24.0 Å². The summed E-state index contributed by atoms with van der Waals surface area (Å²) in [4.78, 5) is 18.2. The summed E-state index contributed by atoms with van der Waals surface area (Å²) in [6.07, 6.45) is 2.41. The van der Waals surface area contributed by atoms with E-state index in [1.165, 1.54) is 0 Å². The predicted octanol–water partition coefficient (Wildman–Crippen LogP) is 2.56. The van der Waals surface area contributed by atoms with Crippen LogP contribution in [0.2, 0.25) is 5.15 Å². The van der Waals surface area contributed by atoms with Gasteiger partial charge in [0.1, 0.15) is 5.15 Å². The fourth-order valence-corrected chi connectivity index (χ4v) is 2.17. The van der Waals surface area contributed by atoms with Crippen LogP contribution in [0.15, 0.2) is 12.1 Å². The summed E-state index contributed by atoms with van der Waals surface area (Å²) in [5.41, 5.74) is 1.28. The standard InChI is InChI=1S/C13H14ClN3O/c1-9-7-10(8-12(14)16-9)13(18)17(6-2-5-15)11-3-4-11/h7-8,11H,2-4,6H2,1H3. The quantitative estimate of drug-likeness (QED) is 0.785. The lowest BCUT2D eigenvalue weighted by Crippen LogP contribution is -2.34. The van der Waals surface area contributed by atoms with E-state index in [2.05, 4.69) is 11.1 Å². The molecule has 18 heavy (non-hydrogen) atoms. The van der Waals surface area contributed by atoms with Gasteiger partial charge < -0.3 is 4.90 Å². The molecule has 0 saturated heterocycles. The molecule has 5 heteroatoms. The minimum Gasteiger partial charge on any atom is -0.335 e. The predicted molar refractivity (Wildman–Crippen MR) is 68.3 cm³/mol. The van der Waals surface area contributed by atoms with Crippen LogP contribution < -0.4 is 0 Å². The Bertz CT molecular complexity index is 485. The van der Waals surface area contributed by atoms with E-state index >= 15 is 0 Å². The second kappa shape index (κ2) is 5.36. The van der Waals surface area contributed by atoms with E-state index in [9.17, 15) is 4.79 Å². The average Bonchev–Trinajstić information content (AvgIpc) is 3.12. The maximum atomic E-state index is 12.4. The van der Waals surface area contributed by atoms with Gasteiger partial charge in [0.25, 0.3) is 5.91 Å². The Kier molecular flexibility index (Phi) is 3.83. The molecule has 2 rings (SSSR count). The van der Waals surface area contributed by atoms with Crippen molar-refractivity contribution in [2.24, 2.45) is 0 Å². The van der Waals surface area contributed by atoms with Gasteiger partial charge in [-0.15, -0.1) is 0 Å². The average molecular weight is 264 g/mol. The fourth-order valence-electron chi connectivity index (χ4n) is 1.92. The molecule has 1 saturated carbocycles. The molecule has 0 N–H and O–H groups in total. The van der Waals surface area contributed by atoms with Crippen molar-refractivity contribution in [3.8, 4) is 6.07 Å². The normalized spacial score (nSPS) is 14.1. The first-order valence-electron chi connectivity index (χ1n) is 5.94. The Morgan fingerprint density at radius 3 is 2.89 bits per heavy atom. The summed E-state index contributed by atoms with van der Waals surface area (Å²) in [5.74, 6) is -0.0554. The molecule has 0 radical (unpaired) electrons. The van der Waals surface area contributed by atoms with Gasteiger partial charge in [-0.3, -0.25) is 4.79 Å². The van der Waals surface area contributed by atoms with Crippen LogP contribution in [-0.2, 0) is 0 Å². The lowest BCUT2D eigenvalue weighted by molar-refractivity contribution is 0.0746. The number of nitriles is 1. The molecule has 0 atom stereocenters. The van der Waals surface area contributed by atoms with Gasteiger partial charge in [-0.25, -0.2) is 4.98 Å². The molecule has 1 fully saturated rings. The van der Waals surface area contributed by atoms with E-state index in [0.717, 1.165) is 18.5 Å². The van der Waals surface area contributed by atoms with Crippen molar-refractivity contribution in [3.05, 3.63) is 28.5 Å². The summed E-state index contributed by atoms with van der Waals surface area (Å²) in [5, 5.41) is 8.97. The number of nitrogens with zero attached hydrogens (tertiary/aromatic N) is 3. The summed E-state index contributed by atoms with van der Waals surface area (Å²) < 4.78 is 0. The number of rotatable bonds is 4. The second-order valence-corrected chi connectivity index (χ2v) is 4.85.